The number of urea groups is 1. The second kappa shape index (κ2) is 7.63. The summed E-state index contributed by atoms with van der Waals surface area (Å²) in [6.07, 6.45) is 2.59. The summed E-state index contributed by atoms with van der Waals surface area (Å²) in [7, 11) is -3.25. The average molecular weight is 355 g/mol. The molecule has 1 heterocycles. The number of rotatable bonds is 5. The van der Waals surface area contributed by atoms with E-state index < -0.39 is 16.0 Å². The molecule has 0 radical (unpaired) electrons. The number of carboxylic acid groups (broad SMARTS) is 1. The molecule has 132 valence electrons. The first kappa shape index (κ1) is 18.2. The molecule has 0 bridgehead atoms. The van der Waals surface area contributed by atoms with Crippen LogP contribution in [0.3, 0.4) is 0 Å². The lowest BCUT2D eigenvalue weighted by Gasteiger charge is -2.31. The minimum atomic E-state index is -3.25. The molecular weight excluding hydrogens is 334 g/mol. The van der Waals surface area contributed by atoms with E-state index in [1.165, 1.54) is 16.4 Å². The Bertz CT molecular complexity index is 702. The summed E-state index contributed by atoms with van der Waals surface area (Å²) >= 11 is 0. The SMILES string of the molecule is CS(=O)(=O)N1CCCC(NC(=O)NCc2ccc(C(=O)O)cc2)C1. The zero-order chi connectivity index (χ0) is 17.7. The summed E-state index contributed by atoms with van der Waals surface area (Å²) < 4.78 is 24.5. The number of carbonyl (C=O) groups is 2. The van der Waals surface area contributed by atoms with Crippen LogP contribution in [0.25, 0.3) is 0 Å². The van der Waals surface area contributed by atoms with Gasteiger partial charge in [0.2, 0.25) is 10.0 Å². The van der Waals surface area contributed by atoms with Gasteiger partial charge in [-0.05, 0) is 30.5 Å². The van der Waals surface area contributed by atoms with Gasteiger partial charge in [0.05, 0.1) is 11.8 Å². The molecule has 1 aromatic carbocycles. The molecule has 9 heteroatoms. The van der Waals surface area contributed by atoms with Crippen molar-refractivity contribution in [2.24, 2.45) is 0 Å². The maximum atomic E-state index is 11.9. The zero-order valence-corrected chi connectivity index (χ0v) is 14.2. The molecule has 0 aromatic heterocycles. The number of hydrogen-bond donors (Lipinski definition) is 3. The fourth-order valence-electron chi connectivity index (χ4n) is 2.55. The van der Waals surface area contributed by atoms with E-state index in [1.54, 1.807) is 12.1 Å². The number of benzene rings is 1. The van der Waals surface area contributed by atoms with Gasteiger partial charge in [0.25, 0.3) is 0 Å². The van der Waals surface area contributed by atoms with Crippen LogP contribution in [0.15, 0.2) is 24.3 Å². The van der Waals surface area contributed by atoms with Crippen LogP contribution in [0.1, 0.15) is 28.8 Å². The van der Waals surface area contributed by atoms with Crippen LogP contribution >= 0.6 is 0 Å². The monoisotopic (exact) mass is 355 g/mol. The summed E-state index contributed by atoms with van der Waals surface area (Å²) in [6, 6.07) is 5.62. The van der Waals surface area contributed by atoms with Crippen LogP contribution in [-0.4, -0.2) is 55.2 Å². The van der Waals surface area contributed by atoms with Crippen LogP contribution in [0, 0.1) is 0 Å². The van der Waals surface area contributed by atoms with E-state index in [2.05, 4.69) is 10.6 Å². The van der Waals surface area contributed by atoms with Gasteiger partial charge < -0.3 is 15.7 Å². The molecule has 8 nitrogen and oxygen atoms in total. The molecular formula is C15H21N3O5S. The number of carbonyl (C=O) groups excluding carboxylic acids is 1. The second-order valence-corrected chi connectivity index (χ2v) is 7.77. The number of hydrogen-bond acceptors (Lipinski definition) is 4. The number of nitrogens with zero attached hydrogens (tertiary/aromatic N) is 1. The van der Waals surface area contributed by atoms with E-state index in [-0.39, 0.29) is 30.7 Å². The fourth-order valence-corrected chi connectivity index (χ4v) is 3.46. The van der Waals surface area contributed by atoms with E-state index in [0.717, 1.165) is 18.2 Å². The number of carboxylic acids is 1. The number of aromatic carboxylic acids is 1. The molecule has 0 aliphatic carbocycles. The van der Waals surface area contributed by atoms with Gasteiger partial charge in [-0.1, -0.05) is 12.1 Å². The van der Waals surface area contributed by atoms with Gasteiger partial charge in [-0.2, -0.15) is 0 Å². The van der Waals surface area contributed by atoms with Gasteiger partial charge in [0.1, 0.15) is 0 Å². The fraction of sp³-hybridized carbons (Fsp3) is 0.467. The molecule has 1 saturated heterocycles. The topological polar surface area (TPSA) is 116 Å². The first-order valence-electron chi connectivity index (χ1n) is 7.57. The number of piperidine rings is 1. The van der Waals surface area contributed by atoms with Crippen LogP contribution < -0.4 is 10.6 Å². The molecule has 0 saturated carbocycles. The Hall–Kier alpha value is -2.13. The highest BCUT2D eigenvalue weighted by Gasteiger charge is 2.26. The maximum Gasteiger partial charge on any atom is 0.335 e. The molecule has 0 spiro atoms. The normalized spacial score (nSPS) is 18.8. The first-order chi connectivity index (χ1) is 11.3. The van der Waals surface area contributed by atoms with Crippen molar-refractivity contribution in [3.63, 3.8) is 0 Å². The van der Waals surface area contributed by atoms with Gasteiger partial charge in [-0.25, -0.2) is 22.3 Å². The van der Waals surface area contributed by atoms with Gasteiger partial charge in [0.15, 0.2) is 0 Å². The summed E-state index contributed by atoms with van der Waals surface area (Å²) in [6.45, 7) is 1.02. The standard InChI is InChI=1S/C15H21N3O5S/c1-24(22,23)18-8-2-3-13(10-18)17-15(21)16-9-11-4-6-12(7-5-11)14(19)20/h4-7,13H,2-3,8-10H2,1H3,(H,19,20)(H2,16,17,21). The lowest BCUT2D eigenvalue weighted by Crippen LogP contribution is -2.51. The second-order valence-electron chi connectivity index (χ2n) is 5.79. The van der Waals surface area contributed by atoms with E-state index in [0.29, 0.717) is 13.0 Å². The molecule has 2 amide bonds. The maximum absolute atomic E-state index is 11.9. The van der Waals surface area contributed by atoms with Crippen LogP contribution in [-0.2, 0) is 16.6 Å². The highest BCUT2D eigenvalue weighted by molar-refractivity contribution is 7.88. The van der Waals surface area contributed by atoms with Gasteiger partial charge >= 0.3 is 12.0 Å². The highest BCUT2D eigenvalue weighted by Crippen LogP contribution is 2.13. The number of sulfonamides is 1. The molecule has 2 rings (SSSR count). The van der Waals surface area contributed by atoms with Crippen molar-refractivity contribution in [3.8, 4) is 0 Å². The third-order valence-corrected chi connectivity index (χ3v) is 5.11. The predicted molar refractivity (Wildman–Crippen MR) is 88.2 cm³/mol. The van der Waals surface area contributed by atoms with Crippen LogP contribution in [0.4, 0.5) is 4.79 Å². The quantitative estimate of drug-likeness (QED) is 0.716. The molecule has 1 atom stereocenters. The van der Waals surface area contributed by atoms with Crippen molar-refractivity contribution in [2.45, 2.75) is 25.4 Å². The minimum absolute atomic E-state index is 0.186. The van der Waals surface area contributed by atoms with Crippen molar-refractivity contribution in [2.75, 3.05) is 19.3 Å². The van der Waals surface area contributed by atoms with E-state index in [4.69, 9.17) is 5.11 Å². The first-order valence-corrected chi connectivity index (χ1v) is 9.42. The molecule has 1 aliphatic heterocycles. The minimum Gasteiger partial charge on any atom is -0.478 e. The van der Waals surface area contributed by atoms with Crippen molar-refractivity contribution in [1.29, 1.82) is 0 Å². The molecule has 3 N–H and O–H groups in total. The molecule has 24 heavy (non-hydrogen) atoms. The average Bonchev–Trinajstić information content (AvgIpc) is 2.53. The molecule has 1 unspecified atom stereocenters. The smallest absolute Gasteiger partial charge is 0.335 e. The summed E-state index contributed by atoms with van der Waals surface area (Å²) in [5, 5.41) is 14.3. The number of nitrogens with one attached hydrogen (secondary N) is 2. The zero-order valence-electron chi connectivity index (χ0n) is 13.4. The van der Waals surface area contributed by atoms with E-state index in [9.17, 15) is 18.0 Å². The molecule has 1 aliphatic rings. The van der Waals surface area contributed by atoms with Gasteiger partial charge in [0, 0.05) is 25.7 Å². The van der Waals surface area contributed by atoms with E-state index in [1.807, 2.05) is 0 Å². The predicted octanol–water partition coefficient (Wildman–Crippen LogP) is 0.608. The van der Waals surface area contributed by atoms with Crippen molar-refractivity contribution >= 4 is 22.0 Å². The third-order valence-electron chi connectivity index (χ3n) is 3.84. The van der Waals surface area contributed by atoms with Crippen LogP contribution in [0.5, 0.6) is 0 Å². The highest BCUT2D eigenvalue weighted by atomic mass is 32.2. The Kier molecular flexibility index (Phi) is 5.79. The Morgan fingerprint density at radius 1 is 1.29 bits per heavy atom. The Morgan fingerprint density at radius 3 is 2.54 bits per heavy atom. The lowest BCUT2D eigenvalue weighted by molar-refractivity contribution is 0.0697. The van der Waals surface area contributed by atoms with Crippen LogP contribution in [0.2, 0.25) is 0 Å². The summed E-state index contributed by atoms with van der Waals surface area (Å²) in [5.74, 6) is -1.00. The van der Waals surface area contributed by atoms with Crippen molar-refractivity contribution in [1.82, 2.24) is 14.9 Å². The van der Waals surface area contributed by atoms with Gasteiger partial charge in [-0.3, -0.25) is 0 Å². The summed E-state index contributed by atoms with van der Waals surface area (Å²) in [4.78, 5) is 22.7. The van der Waals surface area contributed by atoms with Crippen molar-refractivity contribution in [3.05, 3.63) is 35.4 Å². The van der Waals surface area contributed by atoms with Gasteiger partial charge in [-0.15, -0.1) is 0 Å². The lowest BCUT2D eigenvalue weighted by atomic mass is 10.1. The largest absolute Gasteiger partial charge is 0.478 e. The third kappa shape index (κ3) is 5.20. The van der Waals surface area contributed by atoms with E-state index >= 15 is 0 Å². The number of amides is 2. The Labute approximate surface area is 140 Å². The molecule has 1 aromatic rings. The molecule has 1 fully saturated rings. The summed E-state index contributed by atoms with van der Waals surface area (Å²) in [5.41, 5.74) is 0.961. The Balaban J connectivity index is 1.81. The Morgan fingerprint density at radius 2 is 1.96 bits per heavy atom. The van der Waals surface area contributed by atoms with Crippen molar-refractivity contribution < 1.29 is 23.1 Å².